The van der Waals surface area contributed by atoms with Gasteiger partial charge in [-0.05, 0) is 19.9 Å². The largest absolute Gasteiger partial charge is 0.378 e. The lowest BCUT2D eigenvalue weighted by Crippen LogP contribution is -2.61. The van der Waals surface area contributed by atoms with Gasteiger partial charge in [-0.15, -0.1) is 0 Å². The van der Waals surface area contributed by atoms with E-state index in [-0.39, 0.29) is 0 Å². The first-order valence-electron chi connectivity index (χ1n) is 6.18. The molecule has 0 aromatic rings. The minimum atomic E-state index is 0.294. The van der Waals surface area contributed by atoms with Crippen molar-refractivity contribution < 1.29 is 4.74 Å². The Labute approximate surface area is 94.0 Å². The third kappa shape index (κ3) is 3.16. The molecule has 0 amide bonds. The zero-order valence-electron chi connectivity index (χ0n) is 10.6. The van der Waals surface area contributed by atoms with Gasteiger partial charge in [0.05, 0.1) is 6.10 Å². The van der Waals surface area contributed by atoms with E-state index >= 15 is 0 Å². The molecule has 1 aliphatic rings. The van der Waals surface area contributed by atoms with E-state index < -0.39 is 0 Å². The maximum absolute atomic E-state index is 5.70. The Bertz CT molecular complexity index is 182. The monoisotopic (exact) mass is 214 g/mol. The van der Waals surface area contributed by atoms with E-state index in [1.807, 2.05) is 0 Å². The molecule has 0 aliphatic heterocycles. The van der Waals surface area contributed by atoms with E-state index in [4.69, 9.17) is 4.74 Å². The molecule has 1 rings (SSSR count). The fourth-order valence-corrected chi connectivity index (χ4v) is 2.23. The van der Waals surface area contributed by atoms with Crippen LogP contribution in [0.3, 0.4) is 0 Å². The maximum atomic E-state index is 5.70. The van der Waals surface area contributed by atoms with Crippen LogP contribution in [0.15, 0.2) is 0 Å². The van der Waals surface area contributed by atoms with Crippen LogP contribution in [0.2, 0.25) is 0 Å². The summed E-state index contributed by atoms with van der Waals surface area (Å²) in [6.45, 7) is 12.8. The van der Waals surface area contributed by atoms with E-state index in [1.54, 1.807) is 0 Å². The molecule has 90 valence electrons. The predicted octanol–water partition coefficient (Wildman–Crippen LogP) is 1.39. The number of rotatable bonds is 7. The van der Waals surface area contributed by atoms with Gasteiger partial charge in [0.15, 0.2) is 0 Å². The lowest BCUT2D eigenvalue weighted by Gasteiger charge is -2.52. The summed E-state index contributed by atoms with van der Waals surface area (Å²) in [7, 11) is 0. The molecule has 1 aliphatic carbocycles. The van der Waals surface area contributed by atoms with Crippen molar-refractivity contribution >= 4 is 0 Å². The fraction of sp³-hybridized carbons (Fsp3) is 1.00. The smallest absolute Gasteiger partial charge is 0.0655 e. The lowest BCUT2D eigenvalue weighted by molar-refractivity contribution is -0.113. The van der Waals surface area contributed by atoms with Gasteiger partial charge >= 0.3 is 0 Å². The van der Waals surface area contributed by atoms with Gasteiger partial charge in [0.1, 0.15) is 0 Å². The average molecular weight is 214 g/mol. The molecule has 0 heterocycles. The molecule has 2 N–H and O–H groups in total. The first kappa shape index (κ1) is 12.9. The molecule has 0 spiro atoms. The molecular formula is C12H26N2O. The van der Waals surface area contributed by atoms with Crippen molar-refractivity contribution in [1.82, 2.24) is 10.6 Å². The molecule has 15 heavy (non-hydrogen) atoms. The molecule has 3 heteroatoms. The molecule has 0 aromatic heterocycles. The van der Waals surface area contributed by atoms with Gasteiger partial charge in [-0.1, -0.05) is 20.8 Å². The van der Waals surface area contributed by atoms with E-state index in [9.17, 15) is 0 Å². The summed E-state index contributed by atoms with van der Waals surface area (Å²) in [5, 5.41) is 6.91. The number of likely N-dealkylation sites (N-methyl/N-ethyl adjacent to an activating group) is 1. The Kier molecular flexibility index (Phi) is 5.03. The van der Waals surface area contributed by atoms with E-state index in [1.165, 1.54) is 0 Å². The molecule has 0 radical (unpaired) electrons. The second-order valence-electron chi connectivity index (χ2n) is 4.86. The summed E-state index contributed by atoms with van der Waals surface area (Å²) in [6.07, 6.45) is 1.60. The molecule has 0 bridgehead atoms. The van der Waals surface area contributed by atoms with Crippen molar-refractivity contribution in [3.8, 4) is 0 Å². The number of ether oxygens (including phenoxy) is 1. The van der Waals surface area contributed by atoms with Crippen molar-refractivity contribution in [2.24, 2.45) is 5.41 Å². The Balaban J connectivity index is 2.17. The quantitative estimate of drug-likeness (QED) is 0.628. The summed E-state index contributed by atoms with van der Waals surface area (Å²) in [6, 6.07) is 0.618. The Morgan fingerprint density at radius 1 is 1.27 bits per heavy atom. The summed E-state index contributed by atoms with van der Waals surface area (Å²) >= 11 is 0. The van der Waals surface area contributed by atoms with Gasteiger partial charge in [0, 0.05) is 31.2 Å². The van der Waals surface area contributed by atoms with Gasteiger partial charge in [0.25, 0.3) is 0 Å². The van der Waals surface area contributed by atoms with Gasteiger partial charge in [-0.25, -0.2) is 0 Å². The summed E-state index contributed by atoms with van der Waals surface area (Å²) in [5.74, 6) is 0. The fourth-order valence-electron chi connectivity index (χ4n) is 2.23. The molecular weight excluding hydrogens is 188 g/mol. The van der Waals surface area contributed by atoms with Crippen LogP contribution in [0.1, 0.15) is 34.1 Å². The van der Waals surface area contributed by atoms with Gasteiger partial charge in [0.2, 0.25) is 0 Å². The van der Waals surface area contributed by atoms with Crippen LogP contribution in [0.25, 0.3) is 0 Å². The topological polar surface area (TPSA) is 33.3 Å². The van der Waals surface area contributed by atoms with Crippen LogP contribution in [-0.4, -0.2) is 38.4 Å². The van der Waals surface area contributed by atoms with Crippen molar-refractivity contribution in [2.45, 2.75) is 46.3 Å². The first-order valence-corrected chi connectivity index (χ1v) is 6.18. The van der Waals surface area contributed by atoms with Crippen molar-refractivity contribution in [3.63, 3.8) is 0 Å². The summed E-state index contributed by atoms with van der Waals surface area (Å²) < 4.78 is 5.70. The second kappa shape index (κ2) is 5.83. The SMILES string of the molecule is CCNCCNC1CC(OCC)C1(C)C. The molecule has 2 unspecified atom stereocenters. The molecule has 3 nitrogen and oxygen atoms in total. The van der Waals surface area contributed by atoms with Gasteiger partial charge in [-0.3, -0.25) is 0 Å². The Hall–Kier alpha value is -0.120. The standard InChI is InChI=1S/C12H26N2O/c1-5-13-7-8-14-10-9-11(15-6-2)12(10,3)4/h10-11,13-14H,5-9H2,1-4H3. The van der Waals surface area contributed by atoms with Crippen LogP contribution in [-0.2, 0) is 4.74 Å². The number of hydrogen-bond donors (Lipinski definition) is 2. The van der Waals surface area contributed by atoms with Crippen molar-refractivity contribution in [2.75, 3.05) is 26.2 Å². The maximum Gasteiger partial charge on any atom is 0.0655 e. The highest BCUT2D eigenvalue weighted by Crippen LogP contribution is 2.42. The highest BCUT2D eigenvalue weighted by Gasteiger charge is 2.48. The number of nitrogens with one attached hydrogen (secondary N) is 2. The Morgan fingerprint density at radius 2 is 2.00 bits per heavy atom. The minimum Gasteiger partial charge on any atom is -0.378 e. The zero-order chi connectivity index (χ0) is 11.3. The lowest BCUT2D eigenvalue weighted by atomic mass is 9.64. The molecule has 2 atom stereocenters. The third-order valence-corrected chi connectivity index (χ3v) is 3.49. The molecule has 1 saturated carbocycles. The van der Waals surface area contributed by atoms with Crippen LogP contribution in [0.5, 0.6) is 0 Å². The predicted molar refractivity (Wildman–Crippen MR) is 64.1 cm³/mol. The normalized spacial score (nSPS) is 28.8. The van der Waals surface area contributed by atoms with Crippen LogP contribution >= 0.6 is 0 Å². The molecule has 0 aromatic carbocycles. The average Bonchev–Trinajstić information content (AvgIpc) is 2.21. The van der Waals surface area contributed by atoms with E-state index in [2.05, 4.69) is 38.3 Å². The van der Waals surface area contributed by atoms with Crippen LogP contribution in [0.4, 0.5) is 0 Å². The highest BCUT2D eigenvalue weighted by atomic mass is 16.5. The molecule has 0 saturated heterocycles. The van der Waals surface area contributed by atoms with Crippen LogP contribution < -0.4 is 10.6 Å². The van der Waals surface area contributed by atoms with Gasteiger partial charge < -0.3 is 15.4 Å². The van der Waals surface area contributed by atoms with Crippen LogP contribution in [0, 0.1) is 5.41 Å². The first-order chi connectivity index (χ1) is 7.12. The van der Waals surface area contributed by atoms with E-state index in [0.29, 0.717) is 17.6 Å². The third-order valence-electron chi connectivity index (χ3n) is 3.49. The molecule has 1 fully saturated rings. The summed E-state index contributed by atoms with van der Waals surface area (Å²) in [5.41, 5.74) is 0.294. The second-order valence-corrected chi connectivity index (χ2v) is 4.86. The van der Waals surface area contributed by atoms with Crippen molar-refractivity contribution in [3.05, 3.63) is 0 Å². The minimum absolute atomic E-state index is 0.294. The van der Waals surface area contributed by atoms with Gasteiger partial charge in [-0.2, -0.15) is 0 Å². The number of hydrogen-bond acceptors (Lipinski definition) is 3. The Morgan fingerprint density at radius 3 is 2.53 bits per heavy atom. The zero-order valence-corrected chi connectivity index (χ0v) is 10.6. The highest BCUT2D eigenvalue weighted by molar-refractivity contribution is 5.02. The van der Waals surface area contributed by atoms with E-state index in [0.717, 1.165) is 32.7 Å². The van der Waals surface area contributed by atoms with Crippen molar-refractivity contribution in [1.29, 1.82) is 0 Å². The summed E-state index contributed by atoms with van der Waals surface area (Å²) in [4.78, 5) is 0.